The molecular weight excluding hydrogens is 547 g/mol. The molecule has 11 heteroatoms. The number of fused-ring (bicyclic) bond motifs is 1. The number of hydrogen-bond acceptors (Lipinski definition) is 6. The van der Waals surface area contributed by atoms with Gasteiger partial charge in [0.25, 0.3) is 11.5 Å². The zero-order valence-corrected chi connectivity index (χ0v) is 26.5. The van der Waals surface area contributed by atoms with Crippen molar-refractivity contribution in [2.45, 2.75) is 81.1 Å². The Morgan fingerprint density at radius 2 is 1.56 bits per heavy atom. The summed E-state index contributed by atoms with van der Waals surface area (Å²) < 4.78 is 14.9. The number of carbonyl (C=O) groups excluding carboxylic acids is 2. The smallest absolute Gasteiger partial charge is 0.265 e. The highest BCUT2D eigenvalue weighted by molar-refractivity contribution is 6.30. The van der Waals surface area contributed by atoms with Crippen molar-refractivity contribution in [3.63, 3.8) is 0 Å². The zero-order chi connectivity index (χ0) is 31.9. The molecule has 0 unspecified atom stereocenters. The summed E-state index contributed by atoms with van der Waals surface area (Å²) in [5, 5.41) is 3.50. The van der Waals surface area contributed by atoms with E-state index >= 15 is 0 Å². The summed E-state index contributed by atoms with van der Waals surface area (Å²) in [6, 6.07) is 8.18. The van der Waals surface area contributed by atoms with Crippen LogP contribution < -0.4 is 22.3 Å². The van der Waals surface area contributed by atoms with E-state index < -0.39 is 29.6 Å². The maximum atomic E-state index is 13.8. The minimum atomic E-state index is -1.46. The van der Waals surface area contributed by atoms with Crippen molar-refractivity contribution in [1.82, 2.24) is 19.8 Å². The van der Waals surface area contributed by atoms with Crippen LogP contribution in [0.2, 0.25) is 5.02 Å². The predicted molar refractivity (Wildman–Crippen MR) is 169 cm³/mol. The van der Waals surface area contributed by atoms with Crippen LogP contribution in [-0.2, 0) is 17.9 Å². The van der Waals surface area contributed by atoms with Gasteiger partial charge in [-0.15, -0.1) is 0 Å². The minimum Gasteiger partial charge on any atom is -0.396 e. The Bertz CT molecular complexity index is 1320. The molecule has 0 saturated carbocycles. The molecule has 1 aliphatic rings. The molecule has 41 heavy (non-hydrogen) atoms. The molecule has 0 bridgehead atoms. The predicted octanol–water partition coefficient (Wildman–Crippen LogP) is 5.82. The third-order valence-electron chi connectivity index (χ3n) is 5.49. The first-order valence-corrected chi connectivity index (χ1v) is 14.5. The van der Waals surface area contributed by atoms with E-state index in [4.69, 9.17) is 23.1 Å². The van der Waals surface area contributed by atoms with Crippen molar-refractivity contribution < 1.29 is 14.0 Å². The van der Waals surface area contributed by atoms with Crippen molar-refractivity contribution in [3.8, 4) is 0 Å². The van der Waals surface area contributed by atoms with Gasteiger partial charge in [-0.25, -0.2) is 9.37 Å². The number of amides is 2. The molecule has 4 rings (SSSR count). The van der Waals surface area contributed by atoms with E-state index in [1.165, 1.54) is 24.1 Å². The molecule has 228 valence electrons. The van der Waals surface area contributed by atoms with Crippen LogP contribution in [0.5, 0.6) is 0 Å². The fourth-order valence-electron chi connectivity index (χ4n) is 3.70. The fourth-order valence-corrected chi connectivity index (χ4v) is 3.83. The summed E-state index contributed by atoms with van der Waals surface area (Å²) in [4.78, 5) is 44.2. The van der Waals surface area contributed by atoms with Crippen LogP contribution in [0, 0.1) is 0 Å². The van der Waals surface area contributed by atoms with Gasteiger partial charge in [0.2, 0.25) is 5.91 Å². The standard InChI is InChI=1S/C22H22ClFN6O3.4C2H6/c1-22(24)10-29(11-22)17(31)9-30-19-14(18(26)16(25)8-27-19)6-15(21(30)33)20(32)28-7-12-2-4-13(23)5-3-12;4*1-2/h2-6,8H,7,9-11,25H2,1H3,(H2,26,27)(H,28,32);4*1-2H3. The zero-order valence-electron chi connectivity index (χ0n) is 25.8. The van der Waals surface area contributed by atoms with Crippen molar-refractivity contribution in [1.29, 1.82) is 0 Å². The third kappa shape index (κ3) is 9.74. The molecular formula is C30H46ClFN6O3. The molecule has 1 saturated heterocycles. The first kappa shape index (κ1) is 37.3. The molecule has 2 aromatic heterocycles. The van der Waals surface area contributed by atoms with E-state index in [0.29, 0.717) is 5.02 Å². The normalized spacial score (nSPS) is 12.4. The first-order chi connectivity index (χ1) is 19.6. The van der Waals surface area contributed by atoms with Crippen LogP contribution in [0.1, 0.15) is 78.2 Å². The van der Waals surface area contributed by atoms with Gasteiger partial charge in [0, 0.05) is 17.0 Å². The van der Waals surface area contributed by atoms with E-state index in [0.717, 1.165) is 10.1 Å². The van der Waals surface area contributed by atoms with E-state index in [1.54, 1.807) is 24.3 Å². The van der Waals surface area contributed by atoms with Crippen molar-refractivity contribution in [2.75, 3.05) is 24.6 Å². The van der Waals surface area contributed by atoms with E-state index in [9.17, 15) is 18.8 Å². The summed E-state index contributed by atoms with van der Waals surface area (Å²) in [6.07, 6.45) is 1.28. The second kappa shape index (κ2) is 17.9. The second-order valence-electron chi connectivity index (χ2n) is 8.29. The second-order valence-corrected chi connectivity index (χ2v) is 8.72. The Labute approximate surface area is 248 Å². The summed E-state index contributed by atoms with van der Waals surface area (Å²) in [5.74, 6) is -1.12. The summed E-state index contributed by atoms with van der Waals surface area (Å²) in [6.45, 7) is 17.0. The number of aromatic nitrogens is 2. The number of carbonyl (C=O) groups is 2. The van der Waals surface area contributed by atoms with Crippen molar-refractivity contribution in [3.05, 3.63) is 63.0 Å². The van der Waals surface area contributed by atoms with Gasteiger partial charge < -0.3 is 21.7 Å². The van der Waals surface area contributed by atoms with E-state index in [2.05, 4.69) is 10.3 Å². The van der Waals surface area contributed by atoms with Crippen LogP contribution in [0.15, 0.2) is 41.3 Å². The van der Waals surface area contributed by atoms with E-state index in [-0.39, 0.29) is 47.6 Å². The molecule has 0 atom stereocenters. The Morgan fingerprint density at radius 1 is 1.02 bits per heavy atom. The van der Waals surface area contributed by atoms with Gasteiger partial charge in [-0.2, -0.15) is 0 Å². The van der Waals surface area contributed by atoms with Gasteiger partial charge >= 0.3 is 0 Å². The number of nitrogens with one attached hydrogen (secondary N) is 1. The number of anilines is 2. The molecule has 1 fully saturated rings. The third-order valence-corrected chi connectivity index (χ3v) is 5.74. The summed E-state index contributed by atoms with van der Waals surface area (Å²) in [7, 11) is 0. The maximum Gasteiger partial charge on any atom is 0.265 e. The highest BCUT2D eigenvalue weighted by atomic mass is 35.5. The number of halogens is 2. The molecule has 1 aliphatic heterocycles. The Hall–Kier alpha value is -3.66. The average Bonchev–Trinajstić information content (AvgIpc) is 2.98. The Morgan fingerprint density at radius 3 is 2.07 bits per heavy atom. The van der Waals surface area contributed by atoms with Crippen LogP contribution in [0.3, 0.4) is 0 Å². The lowest BCUT2D eigenvalue weighted by Crippen LogP contribution is -2.60. The fraction of sp³-hybridized carbons (Fsp3) is 0.467. The van der Waals surface area contributed by atoms with Gasteiger partial charge in [0.15, 0.2) is 0 Å². The Kier molecular flexibility index (Phi) is 16.3. The largest absolute Gasteiger partial charge is 0.396 e. The number of nitrogens with zero attached hydrogens (tertiary/aromatic N) is 3. The number of nitrogen functional groups attached to an aromatic ring is 2. The van der Waals surface area contributed by atoms with Crippen molar-refractivity contribution in [2.24, 2.45) is 0 Å². The molecule has 2 amide bonds. The molecule has 3 heterocycles. The lowest BCUT2D eigenvalue weighted by molar-refractivity contribution is -0.144. The highest BCUT2D eigenvalue weighted by Gasteiger charge is 2.41. The van der Waals surface area contributed by atoms with Crippen LogP contribution in [-0.4, -0.2) is 45.0 Å². The summed E-state index contributed by atoms with van der Waals surface area (Å²) in [5.41, 5.74) is 10.7. The van der Waals surface area contributed by atoms with Crippen LogP contribution in [0.25, 0.3) is 11.0 Å². The maximum absolute atomic E-state index is 13.8. The lowest BCUT2D eigenvalue weighted by Gasteiger charge is -2.42. The number of likely N-dealkylation sites (tertiary alicyclic amines) is 1. The van der Waals surface area contributed by atoms with Crippen LogP contribution in [0.4, 0.5) is 15.8 Å². The Balaban J connectivity index is 0.00000184. The first-order valence-electron chi connectivity index (χ1n) is 14.1. The van der Waals surface area contributed by atoms with Gasteiger partial charge in [0.1, 0.15) is 23.4 Å². The SMILES string of the molecule is CC.CC.CC.CC.CC1(F)CN(C(=O)Cn2c(=O)c(C(=O)NCc3ccc(Cl)cc3)cc3c(N)c(N)cnc32)C1. The minimum absolute atomic E-state index is 0.0672. The quantitative estimate of drug-likeness (QED) is 0.341. The molecule has 1 aromatic carbocycles. The van der Waals surface area contributed by atoms with Crippen molar-refractivity contribution >= 4 is 45.8 Å². The number of nitrogens with two attached hydrogens (primary N) is 2. The molecule has 0 spiro atoms. The van der Waals surface area contributed by atoms with Gasteiger partial charge in [0.05, 0.1) is 30.7 Å². The molecule has 9 nitrogen and oxygen atoms in total. The lowest BCUT2D eigenvalue weighted by atomic mass is 9.99. The average molecular weight is 593 g/mol. The van der Waals surface area contributed by atoms with Crippen LogP contribution >= 0.6 is 11.6 Å². The molecule has 0 radical (unpaired) electrons. The van der Waals surface area contributed by atoms with E-state index in [1.807, 2.05) is 55.4 Å². The number of hydrogen-bond donors (Lipinski definition) is 3. The number of rotatable bonds is 5. The van der Waals surface area contributed by atoms with Gasteiger partial charge in [-0.3, -0.25) is 19.0 Å². The van der Waals surface area contributed by atoms with Gasteiger partial charge in [-0.05, 0) is 30.7 Å². The molecule has 0 aliphatic carbocycles. The number of pyridine rings is 2. The highest BCUT2D eigenvalue weighted by Crippen LogP contribution is 2.26. The summed E-state index contributed by atoms with van der Waals surface area (Å²) >= 11 is 5.87. The molecule has 3 aromatic rings. The van der Waals surface area contributed by atoms with Gasteiger partial charge in [-0.1, -0.05) is 79.1 Å². The molecule has 5 N–H and O–H groups in total. The number of benzene rings is 1. The number of alkyl halides is 1. The topological polar surface area (TPSA) is 136 Å². The monoisotopic (exact) mass is 592 g/mol.